The lowest BCUT2D eigenvalue weighted by Crippen LogP contribution is -2.56. The maximum absolute atomic E-state index is 12.5. The van der Waals surface area contributed by atoms with Crippen molar-refractivity contribution in [2.75, 3.05) is 51.3 Å². The van der Waals surface area contributed by atoms with Crippen molar-refractivity contribution in [1.82, 2.24) is 9.80 Å². The zero-order valence-electron chi connectivity index (χ0n) is 14.1. The van der Waals surface area contributed by atoms with Crippen molar-refractivity contribution < 1.29 is 19.1 Å². The van der Waals surface area contributed by atoms with E-state index in [2.05, 4.69) is 4.90 Å². The number of nitrogens with zero attached hydrogens (tertiary/aromatic N) is 3. The van der Waals surface area contributed by atoms with Gasteiger partial charge < -0.3 is 19.3 Å². The number of carbonyl (C=O) groups is 2. The van der Waals surface area contributed by atoms with Crippen molar-refractivity contribution in [3.05, 3.63) is 24.3 Å². The summed E-state index contributed by atoms with van der Waals surface area (Å²) in [6.45, 7) is 5.07. The lowest BCUT2D eigenvalue weighted by molar-refractivity contribution is -0.134. The van der Waals surface area contributed by atoms with Crippen LogP contribution in [-0.4, -0.2) is 74.3 Å². The summed E-state index contributed by atoms with van der Waals surface area (Å²) < 4.78 is 10.3. The van der Waals surface area contributed by atoms with Gasteiger partial charge in [-0.05, 0) is 19.1 Å². The van der Waals surface area contributed by atoms with Gasteiger partial charge in [-0.2, -0.15) is 0 Å². The number of piperazine rings is 1. The van der Waals surface area contributed by atoms with Gasteiger partial charge in [0.25, 0.3) is 0 Å². The fourth-order valence-electron chi connectivity index (χ4n) is 3.26. The van der Waals surface area contributed by atoms with Crippen LogP contribution < -0.4 is 9.64 Å². The Morgan fingerprint density at radius 2 is 2.08 bits per heavy atom. The van der Waals surface area contributed by atoms with Crippen LogP contribution in [0.15, 0.2) is 24.3 Å². The highest BCUT2D eigenvalue weighted by atomic mass is 16.6. The van der Waals surface area contributed by atoms with Gasteiger partial charge in [0.2, 0.25) is 5.91 Å². The number of carbonyl (C=O) groups excluding carboxylic acids is 2. The summed E-state index contributed by atoms with van der Waals surface area (Å²) >= 11 is 0. The van der Waals surface area contributed by atoms with Gasteiger partial charge in [-0.25, -0.2) is 4.79 Å². The topological polar surface area (TPSA) is 62.3 Å². The summed E-state index contributed by atoms with van der Waals surface area (Å²) in [6, 6.07) is 7.97. The molecule has 1 aromatic carbocycles. The van der Waals surface area contributed by atoms with Crippen molar-refractivity contribution in [1.29, 1.82) is 0 Å². The molecule has 3 rings (SSSR count). The standard InChI is InChI=1S/C17H23N3O4/c1-13-11-18(14-5-3-4-6-15(14)23-2)7-8-20(13)16(21)12-19-9-10-24-17(19)22/h3-6,13H,7-12H2,1-2H3/t13-/m1/s1. The van der Waals surface area contributed by atoms with Crippen LogP contribution in [0.25, 0.3) is 0 Å². The van der Waals surface area contributed by atoms with Gasteiger partial charge in [-0.3, -0.25) is 9.69 Å². The average Bonchev–Trinajstić information content (AvgIpc) is 2.99. The van der Waals surface area contributed by atoms with E-state index in [1.165, 1.54) is 4.90 Å². The average molecular weight is 333 g/mol. The second-order valence-electron chi connectivity index (χ2n) is 6.09. The Balaban J connectivity index is 1.62. The molecule has 1 aromatic rings. The molecule has 2 saturated heterocycles. The molecular formula is C17H23N3O4. The fraction of sp³-hybridized carbons (Fsp3) is 0.529. The normalized spacial score (nSPS) is 21.0. The van der Waals surface area contributed by atoms with E-state index < -0.39 is 6.09 Å². The lowest BCUT2D eigenvalue weighted by Gasteiger charge is -2.41. The van der Waals surface area contributed by atoms with Crippen LogP contribution in [0.4, 0.5) is 10.5 Å². The second-order valence-corrected chi connectivity index (χ2v) is 6.09. The van der Waals surface area contributed by atoms with Gasteiger partial charge in [0.05, 0.1) is 19.3 Å². The van der Waals surface area contributed by atoms with Crippen molar-refractivity contribution in [3.63, 3.8) is 0 Å². The summed E-state index contributed by atoms with van der Waals surface area (Å²) in [5.74, 6) is 0.810. The van der Waals surface area contributed by atoms with E-state index in [-0.39, 0.29) is 18.5 Å². The molecule has 2 heterocycles. The molecule has 2 amide bonds. The van der Waals surface area contributed by atoms with E-state index in [0.717, 1.165) is 24.5 Å². The molecular weight excluding hydrogens is 310 g/mol. The summed E-state index contributed by atoms with van der Waals surface area (Å²) in [4.78, 5) is 29.5. The van der Waals surface area contributed by atoms with Gasteiger partial charge in [0.1, 0.15) is 18.9 Å². The van der Waals surface area contributed by atoms with Crippen LogP contribution in [0.5, 0.6) is 5.75 Å². The summed E-state index contributed by atoms with van der Waals surface area (Å²) in [5, 5.41) is 0. The number of para-hydroxylation sites is 2. The van der Waals surface area contributed by atoms with E-state index in [4.69, 9.17) is 9.47 Å². The van der Waals surface area contributed by atoms with Gasteiger partial charge in [0.15, 0.2) is 0 Å². The van der Waals surface area contributed by atoms with E-state index >= 15 is 0 Å². The van der Waals surface area contributed by atoms with E-state index in [9.17, 15) is 9.59 Å². The van der Waals surface area contributed by atoms with Crippen molar-refractivity contribution in [2.45, 2.75) is 13.0 Å². The Morgan fingerprint density at radius 1 is 1.29 bits per heavy atom. The van der Waals surface area contributed by atoms with Crippen LogP contribution in [-0.2, 0) is 9.53 Å². The van der Waals surface area contributed by atoms with Crippen LogP contribution >= 0.6 is 0 Å². The largest absolute Gasteiger partial charge is 0.495 e. The predicted molar refractivity (Wildman–Crippen MR) is 89.3 cm³/mol. The minimum Gasteiger partial charge on any atom is -0.495 e. The van der Waals surface area contributed by atoms with Crippen LogP contribution in [0.2, 0.25) is 0 Å². The smallest absolute Gasteiger partial charge is 0.410 e. The van der Waals surface area contributed by atoms with Crippen LogP contribution in [0.1, 0.15) is 6.92 Å². The first-order valence-electron chi connectivity index (χ1n) is 8.19. The lowest BCUT2D eigenvalue weighted by atomic mass is 10.1. The Labute approximate surface area is 141 Å². The molecule has 2 aliphatic heterocycles. The minimum atomic E-state index is -0.399. The molecule has 7 heteroatoms. The number of anilines is 1. The van der Waals surface area contributed by atoms with Crippen molar-refractivity contribution in [2.24, 2.45) is 0 Å². The molecule has 0 radical (unpaired) electrons. The summed E-state index contributed by atoms with van der Waals surface area (Å²) in [7, 11) is 1.66. The SMILES string of the molecule is COc1ccccc1N1CCN(C(=O)CN2CCOC2=O)[C@H](C)C1. The molecule has 0 N–H and O–H groups in total. The summed E-state index contributed by atoms with van der Waals surface area (Å²) in [6.07, 6.45) is -0.399. The molecule has 1 atom stereocenters. The molecule has 7 nitrogen and oxygen atoms in total. The molecule has 0 bridgehead atoms. The number of rotatable bonds is 4. The van der Waals surface area contributed by atoms with Crippen LogP contribution in [0, 0.1) is 0 Å². The highest BCUT2D eigenvalue weighted by molar-refractivity contribution is 5.83. The molecule has 2 fully saturated rings. The maximum atomic E-state index is 12.5. The Kier molecular flexibility index (Phi) is 4.78. The van der Waals surface area contributed by atoms with E-state index in [1.807, 2.05) is 36.1 Å². The first-order chi connectivity index (χ1) is 11.6. The molecule has 0 unspecified atom stereocenters. The molecule has 2 aliphatic rings. The fourth-order valence-corrected chi connectivity index (χ4v) is 3.26. The Bertz CT molecular complexity index is 622. The van der Waals surface area contributed by atoms with Crippen LogP contribution in [0.3, 0.4) is 0 Å². The third-order valence-electron chi connectivity index (χ3n) is 4.54. The number of hydrogen-bond donors (Lipinski definition) is 0. The second kappa shape index (κ2) is 6.98. The monoisotopic (exact) mass is 333 g/mol. The third kappa shape index (κ3) is 3.25. The zero-order valence-corrected chi connectivity index (χ0v) is 14.1. The first kappa shape index (κ1) is 16.4. The summed E-state index contributed by atoms with van der Waals surface area (Å²) in [5.41, 5.74) is 1.04. The molecule has 24 heavy (non-hydrogen) atoms. The number of amides is 2. The van der Waals surface area contributed by atoms with Gasteiger partial charge in [-0.1, -0.05) is 12.1 Å². The van der Waals surface area contributed by atoms with E-state index in [1.54, 1.807) is 7.11 Å². The van der Waals surface area contributed by atoms with Crippen molar-refractivity contribution in [3.8, 4) is 5.75 Å². The number of methoxy groups -OCH3 is 1. The number of hydrogen-bond acceptors (Lipinski definition) is 5. The highest BCUT2D eigenvalue weighted by Crippen LogP contribution is 2.29. The van der Waals surface area contributed by atoms with E-state index in [0.29, 0.717) is 19.7 Å². The minimum absolute atomic E-state index is 0.0268. The Hall–Kier alpha value is -2.44. The molecule has 0 aliphatic carbocycles. The number of ether oxygens (including phenoxy) is 2. The maximum Gasteiger partial charge on any atom is 0.410 e. The van der Waals surface area contributed by atoms with Gasteiger partial charge >= 0.3 is 6.09 Å². The predicted octanol–water partition coefficient (Wildman–Crippen LogP) is 1.18. The molecule has 0 spiro atoms. The third-order valence-corrected chi connectivity index (χ3v) is 4.54. The zero-order chi connectivity index (χ0) is 17.1. The van der Waals surface area contributed by atoms with Gasteiger partial charge in [0, 0.05) is 25.7 Å². The molecule has 0 saturated carbocycles. The highest BCUT2D eigenvalue weighted by Gasteiger charge is 2.31. The van der Waals surface area contributed by atoms with Gasteiger partial charge in [-0.15, -0.1) is 0 Å². The first-order valence-corrected chi connectivity index (χ1v) is 8.19. The molecule has 0 aromatic heterocycles. The van der Waals surface area contributed by atoms with Crippen molar-refractivity contribution >= 4 is 17.7 Å². The number of benzene rings is 1. The number of cyclic esters (lactones) is 1. The quantitative estimate of drug-likeness (QED) is 0.828. The molecule has 130 valence electrons. The Morgan fingerprint density at radius 3 is 2.75 bits per heavy atom.